The van der Waals surface area contributed by atoms with Crippen molar-refractivity contribution in [1.82, 2.24) is 14.5 Å². The predicted octanol–water partition coefficient (Wildman–Crippen LogP) is 1.48. The van der Waals surface area contributed by atoms with Gasteiger partial charge in [-0.15, -0.1) is 5.10 Å². The van der Waals surface area contributed by atoms with Crippen molar-refractivity contribution >= 4 is 22.4 Å². The van der Waals surface area contributed by atoms with Gasteiger partial charge in [-0.3, -0.25) is 4.79 Å². The van der Waals surface area contributed by atoms with E-state index in [1.165, 1.54) is 11.5 Å². The lowest BCUT2D eigenvalue weighted by Gasteiger charge is -2.19. The lowest BCUT2D eigenvalue weighted by atomic mass is 10.2. The van der Waals surface area contributed by atoms with Crippen LogP contribution in [0.15, 0.2) is 0 Å². The minimum absolute atomic E-state index is 0.243. The fourth-order valence-electron chi connectivity index (χ4n) is 1.89. The molecule has 88 valence electrons. The first-order chi connectivity index (χ1) is 7.81. The summed E-state index contributed by atoms with van der Waals surface area (Å²) in [5, 5.41) is 8.07. The molecule has 5 nitrogen and oxygen atoms in total. The van der Waals surface area contributed by atoms with Crippen molar-refractivity contribution in [3.05, 3.63) is 5.69 Å². The van der Waals surface area contributed by atoms with E-state index in [1.54, 1.807) is 0 Å². The Morgan fingerprint density at radius 1 is 1.44 bits per heavy atom. The van der Waals surface area contributed by atoms with Gasteiger partial charge in [0.1, 0.15) is 10.7 Å². The van der Waals surface area contributed by atoms with Gasteiger partial charge in [0.05, 0.1) is 6.54 Å². The second-order valence-corrected chi connectivity index (χ2v) is 4.68. The van der Waals surface area contributed by atoms with Gasteiger partial charge in [-0.05, 0) is 12.8 Å². The third-order valence-corrected chi connectivity index (χ3v) is 3.58. The molecule has 0 unspecified atom stereocenters. The van der Waals surface area contributed by atoms with E-state index in [4.69, 9.17) is 0 Å². The number of nitrogens with zero attached hydrogens (tertiary/aromatic N) is 3. The van der Waals surface area contributed by atoms with Crippen LogP contribution in [-0.2, 0) is 11.3 Å². The van der Waals surface area contributed by atoms with Crippen molar-refractivity contribution in [2.24, 2.45) is 0 Å². The first kappa shape index (κ1) is 11.3. The van der Waals surface area contributed by atoms with Crippen LogP contribution in [0.1, 0.15) is 31.4 Å². The average Bonchev–Trinajstić information content (AvgIpc) is 2.64. The lowest BCUT2D eigenvalue weighted by Crippen LogP contribution is -2.30. The highest BCUT2D eigenvalue weighted by Crippen LogP contribution is 2.20. The highest BCUT2D eigenvalue weighted by Gasteiger charge is 2.19. The SMILES string of the molecule is CNc1snnc1CN1CCCCCC1=O. The molecule has 0 aromatic carbocycles. The van der Waals surface area contributed by atoms with Gasteiger partial charge in [0.25, 0.3) is 0 Å². The fourth-order valence-corrected chi connectivity index (χ4v) is 2.41. The van der Waals surface area contributed by atoms with Crippen molar-refractivity contribution < 1.29 is 4.79 Å². The second kappa shape index (κ2) is 5.25. The van der Waals surface area contributed by atoms with E-state index in [9.17, 15) is 4.79 Å². The fraction of sp³-hybridized carbons (Fsp3) is 0.700. The molecule has 1 aromatic rings. The summed E-state index contributed by atoms with van der Waals surface area (Å²) in [5.74, 6) is 0.243. The van der Waals surface area contributed by atoms with Gasteiger partial charge < -0.3 is 10.2 Å². The zero-order valence-corrected chi connectivity index (χ0v) is 10.2. The molecule has 2 heterocycles. The van der Waals surface area contributed by atoms with Gasteiger partial charge in [-0.2, -0.15) is 0 Å². The molecule has 6 heteroatoms. The van der Waals surface area contributed by atoms with Crippen LogP contribution in [0.2, 0.25) is 0 Å². The van der Waals surface area contributed by atoms with Crippen molar-refractivity contribution in [2.45, 2.75) is 32.2 Å². The number of carbonyl (C=O) groups excluding carboxylic acids is 1. The largest absolute Gasteiger partial charge is 0.377 e. The number of carbonyl (C=O) groups is 1. The van der Waals surface area contributed by atoms with E-state index >= 15 is 0 Å². The van der Waals surface area contributed by atoms with E-state index in [0.29, 0.717) is 13.0 Å². The van der Waals surface area contributed by atoms with E-state index in [0.717, 1.165) is 36.5 Å². The van der Waals surface area contributed by atoms with Gasteiger partial charge in [-0.25, -0.2) is 0 Å². The van der Waals surface area contributed by atoms with Gasteiger partial charge in [0.2, 0.25) is 5.91 Å². The van der Waals surface area contributed by atoms with Gasteiger partial charge in [0, 0.05) is 31.5 Å². The van der Waals surface area contributed by atoms with Gasteiger partial charge in [-0.1, -0.05) is 10.9 Å². The Kier molecular flexibility index (Phi) is 3.71. The molecular weight excluding hydrogens is 224 g/mol. The van der Waals surface area contributed by atoms with Crippen LogP contribution < -0.4 is 5.32 Å². The number of amides is 1. The van der Waals surface area contributed by atoms with Crippen LogP contribution in [0.4, 0.5) is 5.00 Å². The maximum atomic E-state index is 11.8. The molecule has 1 fully saturated rings. The summed E-state index contributed by atoms with van der Waals surface area (Å²) < 4.78 is 3.90. The van der Waals surface area contributed by atoms with Crippen LogP contribution in [0.25, 0.3) is 0 Å². The molecule has 0 saturated carbocycles. The van der Waals surface area contributed by atoms with Crippen LogP contribution in [0.5, 0.6) is 0 Å². The van der Waals surface area contributed by atoms with E-state index in [-0.39, 0.29) is 5.91 Å². The third kappa shape index (κ3) is 2.49. The van der Waals surface area contributed by atoms with Crippen LogP contribution in [-0.4, -0.2) is 34.0 Å². The molecule has 0 atom stereocenters. The van der Waals surface area contributed by atoms with Crippen LogP contribution >= 0.6 is 11.5 Å². The predicted molar refractivity (Wildman–Crippen MR) is 63.3 cm³/mol. The number of anilines is 1. The molecule has 0 spiro atoms. The summed E-state index contributed by atoms with van der Waals surface area (Å²) in [6.07, 6.45) is 3.94. The number of likely N-dealkylation sites (tertiary alicyclic amines) is 1. The zero-order chi connectivity index (χ0) is 11.4. The van der Waals surface area contributed by atoms with E-state index in [2.05, 4.69) is 14.9 Å². The third-order valence-electron chi connectivity index (χ3n) is 2.79. The summed E-state index contributed by atoms with van der Waals surface area (Å²) in [6.45, 7) is 1.44. The molecule has 1 aliphatic heterocycles. The summed E-state index contributed by atoms with van der Waals surface area (Å²) >= 11 is 1.33. The molecule has 1 saturated heterocycles. The van der Waals surface area contributed by atoms with Crippen molar-refractivity contribution in [3.63, 3.8) is 0 Å². The van der Waals surface area contributed by atoms with Crippen LogP contribution in [0.3, 0.4) is 0 Å². The van der Waals surface area contributed by atoms with E-state index in [1.807, 2.05) is 11.9 Å². The summed E-state index contributed by atoms with van der Waals surface area (Å²) in [4.78, 5) is 13.7. The number of aromatic nitrogens is 2. The quantitative estimate of drug-likeness (QED) is 0.869. The molecule has 1 aromatic heterocycles. The normalized spacial score (nSPS) is 17.3. The van der Waals surface area contributed by atoms with Gasteiger partial charge in [0.15, 0.2) is 0 Å². The molecule has 0 bridgehead atoms. The first-order valence-corrected chi connectivity index (χ1v) is 6.35. The minimum Gasteiger partial charge on any atom is -0.377 e. The van der Waals surface area contributed by atoms with E-state index < -0.39 is 0 Å². The van der Waals surface area contributed by atoms with Crippen molar-refractivity contribution in [1.29, 1.82) is 0 Å². The number of rotatable bonds is 3. The molecule has 1 aliphatic rings. The van der Waals surface area contributed by atoms with Gasteiger partial charge >= 0.3 is 0 Å². The Morgan fingerprint density at radius 2 is 2.31 bits per heavy atom. The Balaban J connectivity index is 2.04. The van der Waals surface area contributed by atoms with Crippen LogP contribution in [0, 0.1) is 0 Å². The lowest BCUT2D eigenvalue weighted by molar-refractivity contribution is -0.131. The molecule has 16 heavy (non-hydrogen) atoms. The Hall–Kier alpha value is -1.17. The highest BCUT2D eigenvalue weighted by molar-refractivity contribution is 7.10. The van der Waals surface area contributed by atoms with Crippen molar-refractivity contribution in [3.8, 4) is 0 Å². The minimum atomic E-state index is 0.243. The second-order valence-electron chi connectivity index (χ2n) is 3.92. The zero-order valence-electron chi connectivity index (χ0n) is 9.40. The van der Waals surface area contributed by atoms with Crippen molar-refractivity contribution in [2.75, 3.05) is 18.9 Å². The highest BCUT2D eigenvalue weighted by atomic mass is 32.1. The average molecular weight is 240 g/mol. The maximum absolute atomic E-state index is 11.8. The summed E-state index contributed by atoms with van der Waals surface area (Å²) in [6, 6.07) is 0. The monoisotopic (exact) mass is 240 g/mol. The number of hydrogen-bond acceptors (Lipinski definition) is 5. The molecule has 1 amide bonds. The molecule has 0 aliphatic carbocycles. The molecule has 1 N–H and O–H groups in total. The smallest absolute Gasteiger partial charge is 0.222 e. The Morgan fingerprint density at radius 3 is 3.12 bits per heavy atom. The summed E-state index contributed by atoms with van der Waals surface area (Å²) in [5.41, 5.74) is 0.878. The molecule has 2 rings (SSSR count). The number of nitrogens with one attached hydrogen (secondary N) is 1. The topological polar surface area (TPSA) is 58.1 Å². The standard InChI is InChI=1S/C10H16N4OS/c1-11-10-8(12-13-16-10)7-14-6-4-2-3-5-9(14)15/h11H,2-7H2,1H3. The number of hydrogen-bond donors (Lipinski definition) is 1. The molecular formula is C10H16N4OS. The molecule has 0 radical (unpaired) electrons. The Labute approximate surface area is 99.0 Å². The first-order valence-electron chi connectivity index (χ1n) is 5.58. The Bertz CT molecular complexity index is 365. The maximum Gasteiger partial charge on any atom is 0.222 e. The summed E-state index contributed by atoms with van der Waals surface area (Å²) in [7, 11) is 1.85.